The number of ether oxygens (including phenoxy) is 1. The number of rotatable bonds is 5. The molecule has 0 saturated carbocycles. The van der Waals surface area contributed by atoms with Gasteiger partial charge in [0.1, 0.15) is 6.04 Å². The van der Waals surface area contributed by atoms with E-state index in [4.69, 9.17) is 16.3 Å². The molecule has 1 heterocycles. The van der Waals surface area contributed by atoms with Gasteiger partial charge in [-0.25, -0.2) is 4.79 Å². The molecular weight excluding hydrogens is 410 g/mol. The minimum atomic E-state index is -0.578. The third kappa shape index (κ3) is 4.60. The zero-order valence-electron chi connectivity index (χ0n) is 16.7. The number of methoxy groups -OCH3 is 1. The van der Waals surface area contributed by atoms with E-state index >= 15 is 0 Å². The number of hydrogen-bond acceptors (Lipinski definition) is 6. The van der Waals surface area contributed by atoms with Crippen LogP contribution in [0, 0.1) is 17.0 Å². The number of carbonyl (C=O) groups is 2. The second-order valence-corrected chi connectivity index (χ2v) is 7.50. The second-order valence-electron chi connectivity index (χ2n) is 7.06. The van der Waals surface area contributed by atoms with Crippen molar-refractivity contribution in [3.63, 3.8) is 0 Å². The molecule has 1 atom stereocenters. The molecular formula is C21H22ClN3O5. The molecule has 1 amide bonds. The van der Waals surface area contributed by atoms with Gasteiger partial charge in [-0.2, -0.15) is 0 Å². The fourth-order valence-corrected chi connectivity index (χ4v) is 3.74. The maximum atomic E-state index is 12.8. The zero-order chi connectivity index (χ0) is 21.8. The summed E-state index contributed by atoms with van der Waals surface area (Å²) in [5.41, 5.74) is 1.61. The molecule has 1 fully saturated rings. The molecule has 0 N–H and O–H groups in total. The molecule has 30 heavy (non-hydrogen) atoms. The molecule has 8 nitrogen and oxygen atoms in total. The molecule has 0 bridgehead atoms. The fourth-order valence-electron chi connectivity index (χ4n) is 3.61. The number of piperazine rings is 1. The van der Waals surface area contributed by atoms with Crippen LogP contribution in [0.5, 0.6) is 0 Å². The van der Waals surface area contributed by atoms with Gasteiger partial charge in [0.15, 0.2) is 0 Å². The van der Waals surface area contributed by atoms with Gasteiger partial charge in [-0.05, 0) is 36.8 Å². The molecule has 0 aromatic heterocycles. The van der Waals surface area contributed by atoms with Crippen molar-refractivity contribution in [1.29, 1.82) is 0 Å². The van der Waals surface area contributed by atoms with Crippen molar-refractivity contribution in [3.05, 3.63) is 74.3 Å². The first-order chi connectivity index (χ1) is 14.3. The Balaban J connectivity index is 1.71. The van der Waals surface area contributed by atoms with Crippen LogP contribution in [-0.4, -0.2) is 59.9 Å². The van der Waals surface area contributed by atoms with Crippen molar-refractivity contribution in [2.45, 2.75) is 13.0 Å². The largest absolute Gasteiger partial charge is 0.468 e. The molecule has 1 aliphatic rings. The topological polar surface area (TPSA) is 93.0 Å². The number of amides is 1. The minimum absolute atomic E-state index is 0.0137. The number of nitrogens with zero attached hydrogens (tertiary/aromatic N) is 3. The lowest BCUT2D eigenvalue weighted by Crippen LogP contribution is -2.51. The highest BCUT2D eigenvalue weighted by molar-refractivity contribution is 6.30. The van der Waals surface area contributed by atoms with E-state index in [1.165, 1.54) is 25.3 Å². The van der Waals surface area contributed by atoms with E-state index in [-0.39, 0.29) is 17.6 Å². The Morgan fingerprint density at radius 1 is 1.10 bits per heavy atom. The first-order valence-electron chi connectivity index (χ1n) is 9.43. The van der Waals surface area contributed by atoms with Gasteiger partial charge in [0.05, 0.1) is 12.0 Å². The summed E-state index contributed by atoms with van der Waals surface area (Å²) in [5.74, 6) is -0.558. The van der Waals surface area contributed by atoms with Gasteiger partial charge < -0.3 is 9.64 Å². The van der Waals surface area contributed by atoms with Crippen molar-refractivity contribution >= 4 is 29.2 Å². The van der Waals surface area contributed by atoms with Gasteiger partial charge in [0, 0.05) is 48.4 Å². The predicted octanol–water partition coefficient (Wildman–Crippen LogP) is 3.23. The third-order valence-corrected chi connectivity index (χ3v) is 5.47. The lowest BCUT2D eigenvalue weighted by Gasteiger charge is -2.38. The smallest absolute Gasteiger partial charge is 0.327 e. The van der Waals surface area contributed by atoms with Crippen LogP contribution in [0.4, 0.5) is 5.69 Å². The summed E-state index contributed by atoms with van der Waals surface area (Å²) >= 11 is 5.95. The molecule has 1 unspecified atom stereocenters. The first kappa shape index (κ1) is 21.7. The normalized spacial score (nSPS) is 15.5. The summed E-state index contributed by atoms with van der Waals surface area (Å²) in [6.45, 7) is 3.44. The van der Waals surface area contributed by atoms with Crippen LogP contribution in [-0.2, 0) is 9.53 Å². The Morgan fingerprint density at radius 2 is 1.73 bits per heavy atom. The lowest BCUT2D eigenvalue weighted by molar-refractivity contribution is -0.385. The number of nitro groups is 1. The van der Waals surface area contributed by atoms with Crippen LogP contribution in [0.2, 0.25) is 5.02 Å². The van der Waals surface area contributed by atoms with Crippen LogP contribution < -0.4 is 0 Å². The Hall–Kier alpha value is -2.97. The van der Waals surface area contributed by atoms with E-state index in [9.17, 15) is 19.7 Å². The summed E-state index contributed by atoms with van der Waals surface area (Å²) in [7, 11) is 1.35. The lowest BCUT2D eigenvalue weighted by atomic mass is 10.0. The molecule has 2 aromatic carbocycles. The first-order valence-corrected chi connectivity index (χ1v) is 9.81. The Kier molecular flexibility index (Phi) is 6.69. The third-order valence-electron chi connectivity index (χ3n) is 5.22. The molecule has 158 valence electrons. The minimum Gasteiger partial charge on any atom is -0.468 e. The molecule has 2 aromatic rings. The standard InChI is InChI=1S/C21H22ClN3O5/c1-14-13-16(5-8-18(14)25(28)29)20(26)24-11-9-23(10-12-24)19(21(27)30-2)15-3-6-17(22)7-4-15/h3-8,13,19H,9-12H2,1-2H3. The van der Waals surface area contributed by atoms with Crippen LogP contribution >= 0.6 is 11.6 Å². The van der Waals surface area contributed by atoms with Gasteiger partial charge in [0.2, 0.25) is 0 Å². The molecule has 3 rings (SSSR count). The highest BCUT2D eigenvalue weighted by atomic mass is 35.5. The summed E-state index contributed by atoms with van der Waals surface area (Å²) in [4.78, 5) is 39.4. The van der Waals surface area contributed by atoms with Gasteiger partial charge in [0.25, 0.3) is 11.6 Å². The van der Waals surface area contributed by atoms with Crippen LogP contribution in [0.15, 0.2) is 42.5 Å². The molecule has 9 heteroatoms. The van der Waals surface area contributed by atoms with Crippen LogP contribution in [0.3, 0.4) is 0 Å². The average Bonchev–Trinajstić information content (AvgIpc) is 2.74. The van der Waals surface area contributed by atoms with Crippen LogP contribution in [0.25, 0.3) is 0 Å². The number of benzene rings is 2. The maximum Gasteiger partial charge on any atom is 0.327 e. The monoisotopic (exact) mass is 431 g/mol. The number of hydrogen-bond donors (Lipinski definition) is 0. The second kappa shape index (κ2) is 9.23. The van der Waals surface area contributed by atoms with E-state index < -0.39 is 11.0 Å². The average molecular weight is 432 g/mol. The predicted molar refractivity (Wildman–Crippen MR) is 112 cm³/mol. The van der Waals surface area contributed by atoms with Gasteiger partial charge in [-0.1, -0.05) is 23.7 Å². The summed E-state index contributed by atoms with van der Waals surface area (Å²) in [6, 6.07) is 10.8. The summed E-state index contributed by atoms with van der Waals surface area (Å²) in [5, 5.41) is 11.6. The number of esters is 1. The van der Waals surface area contributed by atoms with Crippen molar-refractivity contribution in [3.8, 4) is 0 Å². The van der Waals surface area contributed by atoms with Crippen molar-refractivity contribution in [2.75, 3.05) is 33.3 Å². The number of halogens is 1. The van der Waals surface area contributed by atoms with Crippen molar-refractivity contribution in [2.24, 2.45) is 0 Å². The van der Waals surface area contributed by atoms with Crippen LogP contribution in [0.1, 0.15) is 27.5 Å². The fraction of sp³-hybridized carbons (Fsp3) is 0.333. The number of nitro benzene ring substituents is 1. The molecule has 1 aliphatic heterocycles. The Labute approximate surface area is 179 Å². The Morgan fingerprint density at radius 3 is 2.27 bits per heavy atom. The van der Waals surface area contributed by atoms with E-state index in [2.05, 4.69) is 0 Å². The van der Waals surface area contributed by atoms with Crippen molar-refractivity contribution in [1.82, 2.24) is 9.80 Å². The number of carbonyl (C=O) groups excluding carboxylic acids is 2. The van der Waals surface area contributed by atoms with E-state index in [0.29, 0.717) is 42.3 Å². The van der Waals surface area contributed by atoms with Gasteiger partial charge >= 0.3 is 5.97 Å². The van der Waals surface area contributed by atoms with E-state index in [0.717, 1.165) is 5.56 Å². The molecule has 0 radical (unpaired) electrons. The molecule has 0 spiro atoms. The van der Waals surface area contributed by atoms with E-state index in [1.807, 2.05) is 4.90 Å². The van der Waals surface area contributed by atoms with Gasteiger partial charge in [-0.15, -0.1) is 0 Å². The maximum absolute atomic E-state index is 12.8. The zero-order valence-corrected chi connectivity index (χ0v) is 17.5. The highest BCUT2D eigenvalue weighted by Crippen LogP contribution is 2.26. The quantitative estimate of drug-likeness (QED) is 0.410. The summed E-state index contributed by atoms with van der Waals surface area (Å²) in [6.07, 6.45) is 0. The number of aryl methyl sites for hydroxylation is 1. The summed E-state index contributed by atoms with van der Waals surface area (Å²) < 4.78 is 4.99. The van der Waals surface area contributed by atoms with E-state index in [1.54, 1.807) is 36.1 Å². The highest BCUT2D eigenvalue weighted by Gasteiger charge is 2.32. The SMILES string of the molecule is COC(=O)C(c1ccc(Cl)cc1)N1CCN(C(=O)c2ccc([N+](=O)[O-])c(C)c2)CC1. The molecule has 0 aliphatic carbocycles. The Bertz CT molecular complexity index is 956. The van der Waals surface area contributed by atoms with Crippen molar-refractivity contribution < 1.29 is 19.2 Å². The molecule has 1 saturated heterocycles. The van der Waals surface area contributed by atoms with Gasteiger partial charge in [-0.3, -0.25) is 19.8 Å².